The molecule has 1 heterocycles. The van der Waals surface area contributed by atoms with Crippen molar-refractivity contribution in [1.29, 1.82) is 0 Å². The molecule has 0 aromatic heterocycles. The third-order valence-electron chi connectivity index (χ3n) is 2.02. The number of rotatable bonds is 1. The second kappa shape index (κ2) is 3.67. The first-order valence-corrected chi connectivity index (χ1v) is 3.93. The molecule has 0 radical (unpaired) electrons. The van der Waals surface area contributed by atoms with Gasteiger partial charge in [0.15, 0.2) is 5.83 Å². The number of carbonyl (C=O) groups is 1. The highest BCUT2D eigenvalue weighted by molar-refractivity contribution is 5.90. The summed E-state index contributed by atoms with van der Waals surface area (Å²) in [5.41, 5.74) is 0. The zero-order valence-corrected chi connectivity index (χ0v) is 7.22. The molecule has 0 atom stereocenters. The molecule has 0 aromatic rings. The second-order valence-corrected chi connectivity index (χ2v) is 3.00. The summed E-state index contributed by atoms with van der Waals surface area (Å²) in [6, 6.07) is 0. The minimum absolute atomic E-state index is 0.567. The SMILES string of the molecule is C=C(F)C(=O)N1CCN(C)CC1. The maximum atomic E-state index is 12.4. The average Bonchev–Trinajstić information content (AvgIpc) is 2.04. The van der Waals surface area contributed by atoms with Gasteiger partial charge in [0.25, 0.3) is 5.91 Å². The number of carbonyl (C=O) groups excluding carboxylic acids is 1. The molecule has 12 heavy (non-hydrogen) atoms. The summed E-state index contributed by atoms with van der Waals surface area (Å²) in [6.45, 7) is 5.78. The minimum atomic E-state index is -0.862. The Morgan fingerprint density at radius 2 is 1.83 bits per heavy atom. The van der Waals surface area contributed by atoms with Crippen LogP contribution in [0.2, 0.25) is 0 Å². The van der Waals surface area contributed by atoms with Gasteiger partial charge in [-0.2, -0.15) is 0 Å². The van der Waals surface area contributed by atoms with Gasteiger partial charge in [0.2, 0.25) is 0 Å². The van der Waals surface area contributed by atoms with Gasteiger partial charge in [-0.15, -0.1) is 0 Å². The molecule has 0 unspecified atom stereocenters. The normalized spacial score (nSPS) is 19.3. The Balaban J connectivity index is 2.44. The van der Waals surface area contributed by atoms with Crippen molar-refractivity contribution in [2.75, 3.05) is 33.2 Å². The van der Waals surface area contributed by atoms with Crippen LogP contribution in [0.4, 0.5) is 4.39 Å². The van der Waals surface area contributed by atoms with Crippen LogP contribution < -0.4 is 0 Å². The third-order valence-corrected chi connectivity index (χ3v) is 2.02. The van der Waals surface area contributed by atoms with Crippen LogP contribution in [0.15, 0.2) is 12.4 Å². The Kier molecular flexibility index (Phi) is 2.81. The first kappa shape index (κ1) is 9.19. The fraction of sp³-hybridized carbons (Fsp3) is 0.625. The molecule has 0 saturated carbocycles. The lowest BCUT2D eigenvalue weighted by Gasteiger charge is -2.31. The van der Waals surface area contributed by atoms with Gasteiger partial charge in [-0.1, -0.05) is 6.58 Å². The molecule has 3 nitrogen and oxygen atoms in total. The minimum Gasteiger partial charge on any atom is -0.334 e. The molecule has 1 aliphatic rings. The lowest BCUT2D eigenvalue weighted by Crippen LogP contribution is -2.47. The molecule has 68 valence electrons. The lowest BCUT2D eigenvalue weighted by atomic mass is 10.3. The number of likely N-dealkylation sites (N-methyl/N-ethyl adjacent to an activating group) is 1. The van der Waals surface area contributed by atoms with Gasteiger partial charge >= 0.3 is 0 Å². The Hall–Kier alpha value is -0.900. The van der Waals surface area contributed by atoms with E-state index >= 15 is 0 Å². The third kappa shape index (κ3) is 2.04. The van der Waals surface area contributed by atoms with E-state index in [4.69, 9.17) is 0 Å². The van der Waals surface area contributed by atoms with Gasteiger partial charge in [0.05, 0.1) is 0 Å². The summed E-state index contributed by atoms with van der Waals surface area (Å²) in [4.78, 5) is 14.6. The van der Waals surface area contributed by atoms with Crippen molar-refractivity contribution in [3.05, 3.63) is 12.4 Å². The predicted octanol–water partition coefficient (Wildman–Crippen LogP) is 0.244. The molecular formula is C8H13FN2O. The van der Waals surface area contributed by atoms with Crippen LogP contribution >= 0.6 is 0 Å². The van der Waals surface area contributed by atoms with Crippen LogP contribution in [0.3, 0.4) is 0 Å². The molecule has 1 rings (SSSR count). The van der Waals surface area contributed by atoms with Crippen molar-refractivity contribution in [1.82, 2.24) is 9.80 Å². The van der Waals surface area contributed by atoms with Crippen LogP contribution in [0.5, 0.6) is 0 Å². The van der Waals surface area contributed by atoms with E-state index in [1.165, 1.54) is 4.90 Å². The van der Waals surface area contributed by atoms with Gasteiger partial charge in [-0.05, 0) is 7.05 Å². The quantitative estimate of drug-likeness (QED) is 0.529. The average molecular weight is 172 g/mol. The summed E-state index contributed by atoms with van der Waals surface area (Å²) in [5, 5.41) is 0. The van der Waals surface area contributed by atoms with Crippen LogP contribution in [0, 0.1) is 0 Å². The van der Waals surface area contributed by atoms with Gasteiger partial charge in [0.1, 0.15) is 0 Å². The molecule has 0 N–H and O–H groups in total. The van der Waals surface area contributed by atoms with E-state index in [0.717, 1.165) is 13.1 Å². The summed E-state index contributed by atoms with van der Waals surface area (Å²) >= 11 is 0. The Bertz CT molecular complexity index is 197. The Morgan fingerprint density at radius 3 is 2.25 bits per heavy atom. The molecule has 4 heteroatoms. The second-order valence-electron chi connectivity index (χ2n) is 3.00. The van der Waals surface area contributed by atoms with E-state index in [9.17, 15) is 9.18 Å². The van der Waals surface area contributed by atoms with E-state index in [1.54, 1.807) is 0 Å². The van der Waals surface area contributed by atoms with E-state index in [-0.39, 0.29) is 0 Å². The van der Waals surface area contributed by atoms with Crippen molar-refractivity contribution in [2.45, 2.75) is 0 Å². The van der Waals surface area contributed by atoms with E-state index < -0.39 is 11.7 Å². The zero-order chi connectivity index (χ0) is 9.14. The monoisotopic (exact) mass is 172 g/mol. The number of nitrogens with zero attached hydrogens (tertiary/aromatic N) is 2. The lowest BCUT2D eigenvalue weighted by molar-refractivity contribution is -0.130. The number of halogens is 1. The molecule has 1 aliphatic heterocycles. The number of hydrogen-bond donors (Lipinski definition) is 0. The molecular weight excluding hydrogens is 159 g/mol. The van der Waals surface area contributed by atoms with Crippen LogP contribution in [-0.2, 0) is 4.79 Å². The van der Waals surface area contributed by atoms with Crippen LogP contribution in [0.1, 0.15) is 0 Å². The van der Waals surface area contributed by atoms with Gasteiger partial charge < -0.3 is 9.80 Å². The van der Waals surface area contributed by atoms with Gasteiger partial charge in [0, 0.05) is 26.2 Å². The molecule has 1 amide bonds. The Morgan fingerprint density at radius 1 is 1.33 bits per heavy atom. The number of piperazine rings is 1. The van der Waals surface area contributed by atoms with E-state index in [0.29, 0.717) is 13.1 Å². The van der Waals surface area contributed by atoms with E-state index in [2.05, 4.69) is 11.5 Å². The smallest absolute Gasteiger partial charge is 0.282 e. The molecule has 0 spiro atoms. The summed E-state index contributed by atoms with van der Waals surface area (Å²) in [7, 11) is 1.98. The topological polar surface area (TPSA) is 23.6 Å². The van der Waals surface area contributed by atoms with Crippen molar-refractivity contribution < 1.29 is 9.18 Å². The highest BCUT2D eigenvalue weighted by Gasteiger charge is 2.20. The zero-order valence-electron chi connectivity index (χ0n) is 7.22. The first-order valence-electron chi connectivity index (χ1n) is 3.93. The fourth-order valence-electron chi connectivity index (χ4n) is 1.18. The summed E-state index contributed by atoms with van der Waals surface area (Å²) in [6.07, 6.45) is 0. The highest BCUT2D eigenvalue weighted by atomic mass is 19.1. The first-order chi connectivity index (χ1) is 5.61. The highest BCUT2D eigenvalue weighted by Crippen LogP contribution is 2.04. The van der Waals surface area contributed by atoms with Crippen LogP contribution in [-0.4, -0.2) is 48.9 Å². The maximum Gasteiger partial charge on any atom is 0.282 e. The maximum absolute atomic E-state index is 12.4. The van der Waals surface area contributed by atoms with Crippen molar-refractivity contribution in [2.24, 2.45) is 0 Å². The molecule has 1 fully saturated rings. The van der Waals surface area contributed by atoms with Crippen molar-refractivity contribution in [3.8, 4) is 0 Å². The van der Waals surface area contributed by atoms with Crippen LogP contribution in [0.25, 0.3) is 0 Å². The molecule has 0 aliphatic carbocycles. The van der Waals surface area contributed by atoms with Crippen molar-refractivity contribution in [3.63, 3.8) is 0 Å². The molecule has 0 aromatic carbocycles. The van der Waals surface area contributed by atoms with Gasteiger partial charge in [-0.3, -0.25) is 4.79 Å². The van der Waals surface area contributed by atoms with E-state index in [1.807, 2.05) is 7.05 Å². The number of hydrogen-bond acceptors (Lipinski definition) is 2. The predicted molar refractivity (Wildman–Crippen MR) is 44.3 cm³/mol. The molecule has 0 bridgehead atoms. The van der Waals surface area contributed by atoms with Crippen molar-refractivity contribution >= 4 is 5.91 Å². The largest absolute Gasteiger partial charge is 0.334 e. The van der Waals surface area contributed by atoms with Gasteiger partial charge in [-0.25, -0.2) is 4.39 Å². The molecule has 1 saturated heterocycles. The summed E-state index contributed by atoms with van der Waals surface area (Å²) in [5.74, 6) is -1.43. The summed E-state index contributed by atoms with van der Waals surface area (Å²) < 4.78 is 12.4. The fourth-order valence-corrected chi connectivity index (χ4v) is 1.18. The number of amides is 1. The Labute approximate surface area is 71.4 Å². The standard InChI is InChI=1S/C8H13FN2O/c1-7(9)8(12)11-5-3-10(2)4-6-11/h1,3-6H2,2H3.